The van der Waals surface area contributed by atoms with Crippen molar-refractivity contribution in [2.45, 2.75) is 66.1 Å². The molecule has 0 fully saturated rings. The van der Waals surface area contributed by atoms with E-state index in [0.29, 0.717) is 50.4 Å². The van der Waals surface area contributed by atoms with Crippen molar-refractivity contribution in [2.75, 3.05) is 0 Å². The molecule has 278 valence electrons. The van der Waals surface area contributed by atoms with Gasteiger partial charge in [-0.05, 0) is 106 Å². The number of phenolic OH excluding ortho intramolecular Hbond substituents is 1. The lowest BCUT2D eigenvalue weighted by molar-refractivity contribution is 0.448. The summed E-state index contributed by atoms with van der Waals surface area (Å²) in [5.41, 5.74) is 6.38. The first-order valence-corrected chi connectivity index (χ1v) is 18.6. The lowest BCUT2D eigenvalue weighted by atomic mass is 9.83. The average Bonchev–Trinajstić information content (AvgIpc) is 3.66. The Bertz CT molecular complexity index is 3280. The van der Waals surface area contributed by atoms with Crippen LogP contribution in [0.3, 0.4) is 0 Å². The van der Waals surface area contributed by atoms with Crippen LogP contribution in [0.25, 0.3) is 72.7 Å². The molecule has 0 unspecified atom stereocenters. The highest BCUT2D eigenvalue weighted by molar-refractivity contribution is 5.98. The van der Waals surface area contributed by atoms with E-state index in [2.05, 4.69) is 4.98 Å². The molecule has 0 amide bonds. The van der Waals surface area contributed by atoms with Crippen molar-refractivity contribution in [1.29, 1.82) is 0 Å². The summed E-state index contributed by atoms with van der Waals surface area (Å²) in [5, 5.41) is 12.2. The van der Waals surface area contributed by atoms with Crippen molar-refractivity contribution in [2.24, 2.45) is 0 Å². The largest absolute Gasteiger partial charge is 0.507 e. The van der Waals surface area contributed by atoms with Gasteiger partial charge in [0.15, 0.2) is 0 Å². The predicted octanol–water partition coefficient (Wildman–Crippen LogP) is 13.7. The number of benzene rings is 6. The SMILES string of the molecule is [2H]c1nc(-c2cc(-c3cccc4c3nc(-c3cc(C)cc(C(C)(C)C)c3O)n4-c3ccc(C([2H])([2H])[2H])cc3-c3ccccc3)cc(C(C)(C)C)c2)c([2H])c(-c2c([2H])c([2H])c([2H])c([2H])c2[2H])c1[2H]. The summed E-state index contributed by atoms with van der Waals surface area (Å²) >= 11 is 0. The molecule has 8 aromatic rings. The Morgan fingerprint density at radius 1 is 0.643 bits per heavy atom. The third-order valence-electron chi connectivity index (χ3n) is 10.0. The van der Waals surface area contributed by atoms with Gasteiger partial charge < -0.3 is 5.11 Å². The highest BCUT2D eigenvalue weighted by Gasteiger charge is 2.27. The normalized spacial score (nSPS) is 15.0. The minimum Gasteiger partial charge on any atom is -0.507 e. The highest BCUT2D eigenvalue weighted by atomic mass is 16.3. The molecule has 0 aliphatic heterocycles. The van der Waals surface area contributed by atoms with Crippen LogP contribution >= 0.6 is 0 Å². The molecule has 0 aliphatic rings. The first-order valence-electron chi connectivity index (χ1n) is 24.1. The van der Waals surface area contributed by atoms with Gasteiger partial charge in [-0.15, -0.1) is 0 Å². The monoisotopic (exact) mass is 742 g/mol. The molecule has 56 heavy (non-hydrogen) atoms. The minimum atomic E-state index is -2.40. The van der Waals surface area contributed by atoms with E-state index in [1.54, 1.807) is 24.3 Å². The molecule has 0 saturated carbocycles. The summed E-state index contributed by atoms with van der Waals surface area (Å²) in [7, 11) is 0. The highest BCUT2D eigenvalue weighted by Crippen LogP contribution is 2.44. The number of hydrogen-bond donors (Lipinski definition) is 1. The molecular weight excluding hydrogens is 683 g/mol. The van der Waals surface area contributed by atoms with Crippen LogP contribution in [0.5, 0.6) is 5.75 Å². The fraction of sp³-hybridized carbons (Fsp3) is 0.192. The Kier molecular flexibility index (Phi) is 6.49. The number of imidazole rings is 1. The van der Waals surface area contributed by atoms with Gasteiger partial charge in [-0.25, -0.2) is 4.98 Å². The van der Waals surface area contributed by atoms with Crippen molar-refractivity contribution in [3.8, 4) is 67.5 Å². The molecule has 0 bridgehead atoms. The number of aryl methyl sites for hydroxylation is 2. The van der Waals surface area contributed by atoms with E-state index in [9.17, 15) is 6.48 Å². The van der Waals surface area contributed by atoms with Crippen molar-refractivity contribution < 1.29 is 20.2 Å². The van der Waals surface area contributed by atoms with E-state index in [-0.39, 0.29) is 34.2 Å². The third-order valence-corrected chi connectivity index (χ3v) is 10.0. The number of rotatable bonds is 6. The van der Waals surface area contributed by atoms with Crippen LogP contribution in [0.1, 0.15) is 78.9 Å². The fourth-order valence-electron chi connectivity index (χ4n) is 7.16. The molecule has 0 saturated heterocycles. The first kappa shape index (κ1) is 25.8. The molecule has 2 aromatic heterocycles. The molecule has 0 spiro atoms. The minimum absolute atomic E-state index is 0.0187. The summed E-state index contributed by atoms with van der Waals surface area (Å²) < 4.78 is 96.2. The van der Waals surface area contributed by atoms with E-state index >= 15 is 0 Å². The number of nitrogens with zero attached hydrogens (tertiary/aromatic N) is 3. The van der Waals surface area contributed by atoms with Gasteiger partial charge in [0.05, 0.1) is 38.9 Å². The Labute approximate surface area is 346 Å². The molecule has 2 heterocycles. The van der Waals surface area contributed by atoms with Gasteiger partial charge in [-0.1, -0.05) is 138 Å². The smallest absolute Gasteiger partial charge is 0.149 e. The molecule has 0 radical (unpaired) electrons. The van der Waals surface area contributed by atoms with E-state index in [0.717, 1.165) is 22.3 Å². The van der Waals surface area contributed by atoms with E-state index in [4.69, 9.17) is 18.7 Å². The van der Waals surface area contributed by atoms with Gasteiger partial charge >= 0.3 is 0 Å². The van der Waals surface area contributed by atoms with Crippen molar-refractivity contribution >= 4 is 11.0 Å². The number of phenols is 1. The van der Waals surface area contributed by atoms with Crippen molar-refractivity contribution in [1.82, 2.24) is 14.5 Å². The van der Waals surface area contributed by atoms with Crippen molar-refractivity contribution in [3.63, 3.8) is 0 Å². The lowest BCUT2D eigenvalue weighted by Gasteiger charge is -2.23. The van der Waals surface area contributed by atoms with Crippen LogP contribution in [-0.2, 0) is 10.8 Å². The molecule has 0 aliphatic carbocycles. The molecule has 8 rings (SSSR count). The number of aromatic nitrogens is 3. The second-order valence-electron chi connectivity index (χ2n) is 16.2. The molecule has 6 aromatic carbocycles. The van der Waals surface area contributed by atoms with Gasteiger partial charge in [0, 0.05) is 32.5 Å². The van der Waals surface area contributed by atoms with E-state index < -0.39 is 60.1 Å². The third kappa shape index (κ3) is 6.92. The summed E-state index contributed by atoms with van der Waals surface area (Å²) in [4.78, 5) is 9.82. The zero-order valence-electron chi connectivity index (χ0n) is 43.5. The maximum Gasteiger partial charge on any atom is 0.149 e. The summed E-state index contributed by atoms with van der Waals surface area (Å²) in [6.07, 6.45) is -0.535. The Morgan fingerprint density at radius 2 is 1.39 bits per heavy atom. The lowest BCUT2D eigenvalue weighted by Crippen LogP contribution is -2.12. The summed E-state index contributed by atoms with van der Waals surface area (Å²) in [6.45, 7) is 11.7. The van der Waals surface area contributed by atoms with Gasteiger partial charge in [-0.2, -0.15) is 0 Å². The predicted molar refractivity (Wildman–Crippen MR) is 235 cm³/mol. The molecular formula is C52H49N3O. The van der Waals surface area contributed by atoms with Crippen LogP contribution in [0.4, 0.5) is 0 Å². The maximum atomic E-state index is 12.2. The van der Waals surface area contributed by atoms with Crippen LogP contribution in [0.2, 0.25) is 0 Å². The summed E-state index contributed by atoms with van der Waals surface area (Å²) in [5.74, 6) is 0.463. The Morgan fingerprint density at radius 3 is 2.12 bits per heavy atom. The van der Waals surface area contributed by atoms with Gasteiger partial charge in [0.1, 0.15) is 11.6 Å². The summed E-state index contributed by atoms with van der Waals surface area (Å²) in [6, 6.07) is 25.8. The number of pyridine rings is 1. The molecule has 4 heteroatoms. The van der Waals surface area contributed by atoms with E-state index in [1.165, 1.54) is 0 Å². The zero-order valence-corrected chi connectivity index (χ0v) is 32.5. The second-order valence-corrected chi connectivity index (χ2v) is 16.2. The van der Waals surface area contributed by atoms with E-state index in [1.807, 2.05) is 126 Å². The maximum absolute atomic E-state index is 12.2. The number of hydrogen-bond acceptors (Lipinski definition) is 3. The van der Waals surface area contributed by atoms with Crippen LogP contribution in [0, 0.1) is 13.8 Å². The topological polar surface area (TPSA) is 50.9 Å². The Balaban J connectivity index is 1.47. The molecule has 4 nitrogen and oxygen atoms in total. The fourth-order valence-corrected chi connectivity index (χ4v) is 7.16. The first-order chi connectivity index (χ1) is 31.3. The van der Waals surface area contributed by atoms with Crippen molar-refractivity contribution in [3.05, 3.63) is 168 Å². The van der Waals surface area contributed by atoms with Gasteiger partial charge in [0.25, 0.3) is 0 Å². The van der Waals surface area contributed by atoms with Gasteiger partial charge in [-0.3, -0.25) is 9.55 Å². The van der Waals surface area contributed by atoms with Crippen LogP contribution < -0.4 is 0 Å². The second kappa shape index (κ2) is 14.1. The average molecular weight is 743 g/mol. The quantitative estimate of drug-likeness (QED) is 0.185. The van der Waals surface area contributed by atoms with Crippen LogP contribution in [-0.4, -0.2) is 19.6 Å². The molecule has 1 N–H and O–H groups in total. The number of fused-ring (bicyclic) bond motifs is 1. The molecule has 0 atom stereocenters. The van der Waals surface area contributed by atoms with Crippen LogP contribution in [0.15, 0.2) is 146 Å². The number of aromatic hydroxyl groups is 1. The standard InChI is InChI=1S/C52H49N3O/c1-33-22-23-46(42(26-33)36-18-13-10-14-19-36)55-47-21-15-20-41(48(47)54-50(55)43-27-34(2)28-44(49(43)56)52(6,7)8)38-29-39(31-40(30-38)51(3,4)5)45-32-37(24-25-53-45)35-16-11-9-12-17-35/h9-32,56H,1-8H3/i1D3,9D,11D,12D,16D,17D,24D,25D,32D. The van der Waals surface area contributed by atoms with Gasteiger partial charge in [0.2, 0.25) is 0 Å². The Hall–Kier alpha value is -6.26. The zero-order chi connectivity index (χ0) is 48.8. The number of para-hydroxylation sites is 1.